The van der Waals surface area contributed by atoms with E-state index in [-0.39, 0.29) is 17.4 Å². The molecule has 29 heavy (non-hydrogen) atoms. The smallest absolute Gasteiger partial charge is 0.258 e. The Morgan fingerprint density at radius 3 is 2.52 bits per heavy atom. The minimum atomic E-state index is -0.304. The van der Waals surface area contributed by atoms with Crippen LogP contribution in [0.3, 0.4) is 0 Å². The number of nitrogens with zero attached hydrogens (tertiary/aromatic N) is 2. The number of aryl methyl sites for hydroxylation is 1. The van der Waals surface area contributed by atoms with Crippen LogP contribution >= 0.6 is 0 Å². The minimum absolute atomic E-state index is 0.139. The largest absolute Gasteiger partial charge is 0.493 e. The van der Waals surface area contributed by atoms with Gasteiger partial charge >= 0.3 is 0 Å². The van der Waals surface area contributed by atoms with Crippen LogP contribution in [0.5, 0.6) is 11.5 Å². The highest BCUT2D eigenvalue weighted by Gasteiger charge is 2.12. The maximum absolute atomic E-state index is 12.6. The molecule has 1 aromatic carbocycles. The van der Waals surface area contributed by atoms with Crippen molar-refractivity contribution in [3.63, 3.8) is 0 Å². The molecule has 3 heterocycles. The maximum Gasteiger partial charge on any atom is 0.258 e. The van der Waals surface area contributed by atoms with Crippen LogP contribution in [0.4, 0.5) is 0 Å². The average molecular weight is 392 g/mol. The normalized spacial score (nSPS) is 11.0. The lowest BCUT2D eigenvalue weighted by Crippen LogP contribution is -2.16. The van der Waals surface area contributed by atoms with E-state index >= 15 is 0 Å². The fraction of sp³-hybridized carbons (Fsp3) is 0.190. The molecule has 0 saturated carbocycles. The molecular formula is C21H20N4O4. The predicted octanol–water partition coefficient (Wildman–Crippen LogP) is 2.32. The Labute approximate surface area is 165 Å². The topological polar surface area (TPSA) is 102 Å². The number of pyridine rings is 1. The van der Waals surface area contributed by atoms with Gasteiger partial charge in [-0.2, -0.15) is 0 Å². The molecule has 0 saturated heterocycles. The number of rotatable bonds is 5. The van der Waals surface area contributed by atoms with Crippen molar-refractivity contribution in [3.05, 3.63) is 80.4 Å². The Morgan fingerprint density at radius 2 is 1.86 bits per heavy atom. The van der Waals surface area contributed by atoms with Gasteiger partial charge in [-0.3, -0.25) is 9.59 Å². The van der Waals surface area contributed by atoms with E-state index < -0.39 is 0 Å². The second kappa shape index (κ2) is 7.31. The highest BCUT2D eigenvalue weighted by Crippen LogP contribution is 2.29. The first-order valence-electron chi connectivity index (χ1n) is 9.00. The van der Waals surface area contributed by atoms with Gasteiger partial charge < -0.3 is 24.0 Å². The fourth-order valence-electron chi connectivity index (χ4n) is 3.21. The van der Waals surface area contributed by atoms with Gasteiger partial charge in [0.05, 0.1) is 25.1 Å². The third kappa shape index (κ3) is 3.52. The average Bonchev–Trinajstić information content (AvgIpc) is 3.15. The molecule has 0 atom stereocenters. The monoisotopic (exact) mass is 392 g/mol. The van der Waals surface area contributed by atoms with E-state index in [4.69, 9.17) is 9.47 Å². The summed E-state index contributed by atoms with van der Waals surface area (Å²) in [5.41, 5.74) is 1.62. The van der Waals surface area contributed by atoms with Gasteiger partial charge in [0.15, 0.2) is 16.9 Å². The van der Waals surface area contributed by atoms with E-state index in [2.05, 4.69) is 15.0 Å². The number of methoxy groups -OCH3 is 2. The number of nitrogens with one attached hydrogen (secondary N) is 2. The Kier molecular flexibility index (Phi) is 4.67. The van der Waals surface area contributed by atoms with Crippen LogP contribution < -0.4 is 20.5 Å². The van der Waals surface area contributed by atoms with Crippen LogP contribution in [0.15, 0.2) is 52.4 Å². The van der Waals surface area contributed by atoms with Crippen LogP contribution in [-0.2, 0) is 6.42 Å². The predicted molar refractivity (Wildman–Crippen MR) is 109 cm³/mol. The van der Waals surface area contributed by atoms with E-state index in [9.17, 15) is 9.59 Å². The zero-order valence-corrected chi connectivity index (χ0v) is 16.3. The van der Waals surface area contributed by atoms with Crippen molar-refractivity contribution in [2.45, 2.75) is 13.3 Å². The van der Waals surface area contributed by atoms with E-state index in [0.29, 0.717) is 39.6 Å². The summed E-state index contributed by atoms with van der Waals surface area (Å²) in [4.78, 5) is 35.4. The Morgan fingerprint density at radius 1 is 1.10 bits per heavy atom. The van der Waals surface area contributed by atoms with Gasteiger partial charge in [0.25, 0.3) is 5.56 Å². The summed E-state index contributed by atoms with van der Waals surface area (Å²) in [6.07, 6.45) is 5.64. The zero-order valence-electron chi connectivity index (χ0n) is 16.3. The van der Waals surface area contributed by atoms with Gasteiger partial charge in [0, 0.05) is 42.7 Å². The van der Waals surface area contributed by atoms with Gasteiger partial charge in [0.1, 0.15) is 11.6 Å². The van der Waals surface area contributed by atoms with E-state index in [1.807, 2.05) is 30.0 Å². The van der Waals surface area contributed by atoms with Crippen LogP contribution in [0.25, 0.3) is 16.7 Å². The number of hydrogen-bond donors (Lipinski definition) is 2. The molecule has 0 aliphatic rings. The number of fused-ring (bicyclic) bond motifs is 1. The van der Waals surface area contributed by atoms with Gasteiger partial charge in [-0.1, -0.05) is 0 Å². The van der Waals surface area contributed by atoms with Crippen molar-refractivity contribution in [1.29, 1.82) is 0 Å². The number of H-pyrrole nitrogens is 2. The summed E-state index contributed by atoms with van der Waals surface area (Å²) in [7, 11) is 3.02. The minimum Gasteiger partial charge on any atom is -0.493 e. The van der Waals surface area contributed by atoms with Gasteiger partial charge in [-0.15, -0.1) is 0 Å². The molecule has 4 rings (SSSR count). The van der Waals surface area contributed by atoms with Gasteiger partial charge in [-0.05, 0) is 24.6 Å². The first-order chi connectivity index (χ1) is 14.0. The molecular weight excluding hydrogens is 372 g/mol. The lowest BCUT2D eigenvalue weighted by Gasteiger charge is -2.09. The second-order valence-electron chi connectivity index (χ2n) is 6.72. The maximum atomic E-state index is 12.6. The summed E-state index contributed by atoms with van der Waals surface area (Å²) in [5.74, 6) is 1.99. The third-order valence-corrected chi connectivity index (χ3v) is 4.72. The fourth-order valence-corrected chi connectivity index (χ4v) is 3.21. The number of benzene rings is 1. The van der Waals surface area contributed by atoms with Crippen LogP contribution in [0, 0.1) is 6.92 Å². The molecule has 3 aromatic heterocycles. The standard InChI is InChI=1S/C21H20N4O4/c1-12-4-5-25(11-12)20-9-16(26)13(10-22-20)6-19-23-15-8-18(29-3)17(28-2)7-14(15)21(27)24-19/h4-5,7-11H,6H2,1-3H3,(H,22,26)(H,23,24,27). The number of ether oxygens (including phenoxy) is 2. The van der Waals surface area contributed by atoms with Crippen LogP contribution in [-0.4, -0.2) is 33.7 Å². The molecule has 0 unspecified atom stereocenters. The van der Waals surface area contributed by atoms with Gasteiger partial charge in [-0.25, -0.2) is 4.98 Å². The molecule has 8 nitrogen and oxygen atoms in total. The molecule has 0 fully saturated rings. The SMILES string of the molecule is COc1cc2nc(Cc3c[nH]c(-n4ccc(C)c4)cc3=O)[nH]c(=O)c2cc1OC. The summed E-state index contributed by atoms with van der Waals surface area (Å²) in [5, 5.41) is 0.388. The van der Waals surface area contributed by atoms with Crippen molar-refractivity contribution < 1.29 is 9.47 Å². The summed E-state index contributed by atoms with van der Waals surface area (Å²) in [6, 6.07) is 6.72. The van der Waals surface area contributed by atoms with E-state index in [1.54, 1.807) is 18.3 Å². The molecule has 148 valence electrons. The van der Waals surface area contributed by atoms with Gasteiger partial charge in [0.2, 0.25) is 0 Å². The Hall–Kier alpha value is -3.81. The molecule has 8 heteroatoms. The zero-order chi connectivity index (χ0) is 20.5. The first-order valence-corrected chi connectivity index (χ1v) is 9.00. The molecule has 0 spiro atoms. The molecule has 2 N–H and O–H groups in total. The quantitative estimate of drug-likeness (QED) is 0.543. The molecule has 0 amide bonds. The van der Waals surface area contributed by atoms with Crippen molar-refractivity contribution in [2.75, 3.05) is 14.2 Å². The number of aromatic nitrogens is 4. The van der Waals surface area contributed by atoms with Crippen molar-refractivity contribution >= 4 is 10.9 Å². The molecule has 0 bridgehead atoms. The van der Waals surface area contributed by atoms with E-state index in [1.165, 1.54) is 20.3 Å². The second-order valence-corrected chi connectivity index (χ2v) is 6.72. The van der Waals surface area contributed by atoms with Crippen molar-refractivity contribution in [2.24, 2.45) is 0 Å². The molecule has 4 aromatic rings. The Bertz CT molecular complexity index is 1320. The van der Waals surface area contributed by atoms with Crippen LogP contribution in [0.1, 0.15) is 17.0 Å². The highest BCUT2D eigenvalue weighted by atomic mass is 16.5. The molecule has 0 aliphatic heterocycles. The van der Waals surface area contributed by atoms with Crippen molar-refractivity contribution in [3.8, 4) is 17.3 Å². The molecule has 0 aliphatic carbocycles. The highest BCUT2D eigenvalue weighted by molar-refractivity contribution is 5.81. The third-order valence-electron chi connectivity index (χ3n) is 4.72. The first kappa shape index (κ1) is 18.5. The summed E-state index contributed by atoms with van der Waals surface area (Å²) in [6.45, 7) is 1.98. The lowest BCUT2D eigenvalue weighted by molar-refractivity contribution is 0.355. The molecule has 0 radical (unpaired) electrons. The van der Waals surface area contributed by atoms with Crippen LogP contribution in [0.2, 0.25) is 0 Å². The number of aromatic amines is 2. The lowest BCUT2D eigenvalue weighted by atomic mass is 10.1. The summed E-state index contributed by atoms with van der Waals surface area (Å²) >= 11 is 0. The van der Waals surface area contributed by atoms with Crippen molar-refractivity contribution in [1.82, 2.24) is 19.5 Å². The van der Waals surface area contributed by atoms with E-state index in [0.717, 1.165) is 5.56 Å². The number of hydrogen-bond acceptors (Lipinski definition) is 5. The summed E-state index contributed by atoms with van der Waals surface area (Å²) < 4.78 is 12.4. The Balaban J connectivity index is 1.70.